The summed E-state index contributed by atoms with van der Waals surface area (Å²) in [6.45, 7) is 3.13. The second-order valence-corrected chi connectivity index (χ2v) is 7.42. The lowest BCUT2D eigenvalue weighted by atomic mass is 10.0. The van der Waals surface area contributed by atoms with Crippen molar-refractivity contribution in [1.29, 1.82) is 0 Å². The number of methoxy groups -OCH3 is 1. The minimum absolute atomic E-state index is 0.0105. The molecule has 4 rings (SSSR count). The van der Waals surface area contributed by atoms with Crippen LogP contribution in [0.5, 0.6) is 0 Å². The SMILES string of the molecule is COCCn1cccc1[C@H]1[C@H](c2ccccn2)NC(=S)N1C[C@@H]1CCCO1. The summed E-state index contributed by atoms with van der Waals surface area (Å²) < 4.78 is 13.4. The van der Waals surface area contributed by atoms with Crippen LogP contribution in [0, 0.1) is 0 Å². The van der Waals surface area contributed by atoms with Crippen molar-refractivity contribution in [2.75, 3.05) is 26.9 Å². The maximum absolute atomic E-state index is 5.89. The van der Waals surface area contributed by atoms with Crippen LogP contribution < -0.4 is 5.32 Å². The predicted molar refractivity (Wildman–Crippen MR) is 107 cm³/mol. The standard InChI is InChI=1S/C20H26N4O2S/c1-25-13-11-23-10-4-8-17(23)19-18(16-7-2-3-9-21-16)22-20(27)24(19)14-15-6-5-12-26-15/h2-4,7-10,15,18-19H,5-6,11-14H2,1H3,(H,22,27)/t15-,18-,19-/m0/s1. The number of rotatable bonds is 7. The van der Waals surface area contributed by atoms with Gasteiger partial charge in [-0.15, -0.1) is 0 Å². The second kappa shape index (κ2) is 8.37. The van der Waals surface area contributed by atoms with Gasteiger partial charge >= 0.3 is 0 Å². The van der Waals surface area contributed by atoms with Crippen LogP contribution in [0.1, 0.15) is 36.3 Å². The number of hydrogen-bond acceptors (Lipinski definition) is 4. The highest BCUT2D eigenvalue weighted by Gasteiger charge is 2.42. The molecular formula is C20H26N4O2S. The normalized spacial score (nSPS) is 25.1. The minimum atomic E-state index is 0.0105. The van der Waals surface area contributed by atoms with Crippen molar-refractivity contribution in [3.05, 3.63) is 54.1 Å². The van der Waals surface area contributed by atoms with E-state index in [9.17, 15) is 0 Å². The number of nitrogens with zero attached hydrogens (tertiary/aromatic N) is 3. The average Bonchev–Trinajstić information content (AvgIpc) is 3.42. The molecule has 2 fully saturated rings. The lowest BCUT2D eigenvalue weighted by Gasteiger charge is -2.30. The second-order valence-electron chi connectivity index (χ2n) is 7.03. The Bertz CT molecular complexity index is 760. The first-order chi connectivity index (χ1) is 13.3. The van der Waals surface area contributed by atoms with Gasteiger partial charge in [0.15, 0.2) is 5.11 Å². The van der Waals surface area contributed by atoms with Crippen molar-refractivity contribution in [1.82, 2.24) is 19.8 Å². The Morgan fingerprint density at radius 1 is 1.33 bits per heavy atom. The molecule has 2 aliphatic heterocycles. The fraction of sp³-hybridized carbons (Fsp3) is 0.500. The number of thiocarbonyl (C=S) groups is 1. The molecule has 0 radical (unpaired) electrons. The highest BCUT2D eigenvalue weighted by Crippen LogP contribution is 2.39. The monoisotopic (exact) mass is 386 g/mol. The molecule has 3 atom stereocenters. The fourth-order valence-electron chi connectivity index (χ4n) is 4.02. The van der Waals surface area contributed by atoms with Crippen LogP contribution in [-0.2, 0) is 16.0 Å². The van der Waals surface area contributed by atoms with E-state index in [-0.39, 0.29) is 18.2 Å². The van der Waals surface area contributed by atoms with E-state index in [0.717, 1.165) is 43.3 Å². The molecule has 6 nitrogen and oxygen atoms in total. The van der Waals surface area contributed by atoms with Gasteiger partial charge in [0.2, 0.25) is 0 Å². The van der Waals surface area contributed by atoms with Crippen LogP contribution in [0.25, 0.3) is 0 Å². The highest BCUT2D eigenvalue weighted by molar-refractivity contribution is 7.80. The smallest absolute Gasteiger partial charge is 0.170 e. The van der Waals surface area contributed by atoms with E-state index in [1.165, 1.54) is 5.69 Å². The summed E-state index contributed by atoms with van der Waals surface area (Å²) in [6.07, 6.45) is 6.39. The third-order valence-corrected chi connectivity index (χ3v) is 5.68. The quantitative estimate of drug-likeness (QED) is 0.739. The molecule has 0 aromatic carbocycles. The van der Waals surface area contributed by atoms with Crippen LogP contribution in [-0.4, -0.2) is 52.5 Å². The van der Waals surface area contributed by atoms with Crippen LogP contribution in [0.4, 0.5) is 0 Å². The number of ether oxygens (including phenoxy) is 2. The van der Waals surface area contributed by atoms with E-state index in [2.05, 4.69) is 44.2 Å². The molecular weight excluding hydrogens is 360 g/mol. The van der Waals surface area contributed by atoms with Crippen molar-refractivity contribution < 1.29 is 9.47 Å². The van der Waals surface area contributed by atoms with Gasteiger partial charge in [0, 0.05) is 44.9 Å². The van der Waals surface area contributed by atoms with Crippen molar-refractivity contribution in [3.63, 3.8) is 0 Å². The molecule has 0 saturated carbocycles. The minimum Gasteiger partial charge on any atom is -0.383 e. The van der Waals surface area contributed by atoms with E-state index in [0.29, 0.717) is 6.61 Å². The first-order valence-electron chi connectivity index (χ1n) is 9.51. The Kier molecular flexibility index (Phi) is 5.71. The van der Waals surface area contributed by atoms with Gasteiger partial charge in [-0.1, -0.05) is 6.07 Å². The summed E-state index contributed by atoms with van der Waals surface area (Å²) in [7, 11) is 1.73. The van der Waals surface area contributed by atoms with E-state index in [4.69, 9.17) is 21.7 Å². The third-order valence-electron chi connectivity index (χ3n) is 5.33. The zero-order valence-electron chi connectivity index (χ0n) is 15.6. The molecule has 0 unspecified atom stereocenters. The summed E-state index contributed by atoms with van der Waals surface area (Å²) >= 11 is 5.73. The largest absolute Gasteiger partial charge is 0.383 e. The van der Waals surface area contributed by atoms with Gasteiger partial charge in [-0.05, 0) is 49.3 Å². The van der Waals surface area contributed by atoms with Crippen molar-refractivity contribution in [2.24, 2.45) is 0 Å². The molecule has 27 heavy (non-hydrogen) atoms. The Morgan fingerprint density at radius 3 is 3.00 bits per heavy atom. The predicted octanol–water partition coefficient (Wildman–Crippen LogP) is 2.68. The van der Waals surface area contributed by atoms with Crippen LogP contribution in [0.15, 0.2) is 42.7 Å². The van der Waals surface area contributed by atoms with Crippen molar-refractivity contribution >= 4 is 17.3 Å². The van der Waals surface area contributed by atoms with E-state index < -0.39 is 0 Å². The van der Waals surface area contributed by atoms with Crippen LogP contribution in [0.3, 0.4) is 0 Å². The first kappa shape index (κ1) is 18.4. The molecule has 2 aromatic heterocycles. The first-order valence-corrected chi connectivity index (χ1v) is 9.92. The molecule has 0 spiro atoms. The molecule has 2 aliphatic rings. The van der Waals surface area contributed by atoms with E-state index in [1.54, 1.807) is 7.11 Å². The zero-order chi connectivity index (χ0) is 18.6. The fourth-order valence-corrected chi connectivity index (χ4v) is 4.34. The molecule has 144 valence electrons. The van der Waals surface area contributed by atoms with E-state index >= 15 is 0 Å². The van der Waals surface area contributed by atoms with Crippen LogP contribution in [0.2, 0.25) is 0 Å². The summed E-state index contributed by atoms with van der Waals surface area (Å²) in [4.78, 5) is 6.88. The molecule has 2 aromatic rings. The molecule has 2 saturated heterocycles. The Balaban J connectivity index is 1.67. The number of aromatic nitrogens is 2. The molecule has 7 heteroatoms. The van der Waals surface area contributed by atoms with Gasteiger partial charge in [0.05, 0.1) is 30.5 Å². The Morgan fingerprint density at radius 2 is 2.26 bits per heavy atom. The molecule has 1 N–H and O–H groups in total. The topological polar surface area (TPSA) is 51.5 Å². The Hall–Kier alpha value is -1.96. The van der Waals surface area contributed by atoms with E-state index in [1.807, 2.05) is 18.3 Å². The van der Waals surface area contributed by atoms with Crippen LogP contribution >= 0.6 is 12.2 Å². The molecule has 0 bridgehead atoms. The summed E-state index contributed by atoms with van der Waals surface area (Å²) in [5.74, 6) is 0. The number of hydrogen-bond donors (Lipinski definition) is 1. The lowest BCUT2D eigenvalue weighted by Crippen LogP contribution is -2.37. The van der Waals surface area contributed by atoms with Crippen molar-refractivity contribution in [3.8, 4) is 0 Å². The summed E-state index contributed by atoms with van der Waals surface area (Å²) in [5.41, 5.74) is 2.22. The summed E-state index contributed by atoms with van der Waals surface area (Å²) in [5, 5.41) is 4.28. The molecule has 4 heterocycles. The maximum atomic E-state index is 5.89. The Labute approximate surface area is 165 Å². The van der Waals surface area contributed by atoms with Gasteiger partial charge < -0.3 is 24.3 Å². The molecule has 0 aliphatic carbocycles. The van der Waals surface area contributed by atoms with Gasteiger partial charge in [0.1, 0.15) is 0 Å². The van der Waals surface area contributed by atoms with Gasteiger partial charge in [-0.2, -0.15) is 0 Å². The number of nitrogens with one attached hydrogen (secondary N) is 1. The number of pyridine rings is 1. The lowest BCUT2D eigenvalue weighted by molar-refractivity contribution is 0.0831. The van der Waals surface area contributed by atoms with Crippen molar-refractivity contribution in [2.45, 2.75) is 37.6 Å². The maximum Gasteiger partial charge on any atom is 0.170 e. The van der Waals surface area contributed by atoms with Gasteiger partial charge in [-0.3, -0.25) is 4.98 Å². The summed E-state index contributed by atoms with van der Waals surface area (Å²) in [6, 6.07) is 10.4. The van der Waals surface area contributed by atoms with Gasteiger partial charge in [-0.25, -0.2) is 0 Å². The van der Waals surface area contributed by atoms with Gasteiger partial charge in [0.25, 0.3) is 0 Å². The molecule has 0 amide bonds. The highest BCUT2D eigenvalue weighted by atomic mass is 32.1. The third kappa shape index (κ3) is 3.85. The average molecular weight is 387 g/mol. The zero-order valence-corrected chi connectivity index (χ0v) is 16.4.